The highest BCUT2D eigenvalue weighted by Crippen LogP contribution is 2.06. The number of nitrogens with one attached hydrogen (secondary N) is 2. The molecule has 110 valence electrons. The summed E-state index contributed by atoms with van der Waals surface area (Å²) in [5.74, 6) is 5.04. The van der Waals surface area contributed by atoms with Crippen molar-refractivity contribution in [1.29, 1.82) is 0 Å². The maximum Gasteiger partial charge on any atom is 0.269 e. The van der Waals surface area contributed by atoms with Crippen LogP contribution in [0.5, 0.6) is 0 Å². The number of hydrogen-bond donors (Lipinski definition) is 3. The van der Waals surface area contributed by atoms with Crippen LogP contribution in [-0.2, 0) is 4.74 Å². The van der Waals surface area contributed by atoms with Crippen LogP contribution in [0.4, 0.5) is 5.69 Å². The first-order valence-electron chi connectivity index (χ1n) is 6.77. The molecule has 0 spiro atoms. The zero-order valence-electron chi connectivity index (χ0n) is 11.6. The van der Waals surface area contributed by atoms with Crippen LogP contribution in [0.25, 0.3) is 0 Å². The molecule has 1 atom stereocenters. The van der Waals surface area contributed by atoms with Crippen molar-refractivity contribution in [3.8, 4) is 0 Å². The minimum atomic E-state index is -0.203. The Morgan fingerprint density at radius 1 is 1.60 bits per heavy atom. The average Bonchev–Trinajstić information content (AvgIpc) is 2.53. The lowest BCUT2D eigenvalue weighted by atomic mass is 10.2. The van der Waals surface area contributed by atoms with Gasteiger partial charge < -0.3 is 15.5 Å². The molecule has 7 heteroatoms. The Hall–Kier alpha value is -1.70. The third kappa shape index (κ3) is 3.89. The number of nitrogens with zero attached hydrogens (tertiary/aromatic N) is 2. The first-order chi connectivity index (χ1) is 9.72. The number of nitrogen functional groups attached to an aromatic ring is 1. The van der Waals surface area contributed by atoms with Crippen LogP contribution in [0.1, 0.15) is 17.4 Å². The second-order valence-corrected chi connectivity index (χ2v) is 4.67. The lowest BCUT2D eigenvalue weighted by Gasteiger charge is -2.32. The third-order valence-corrected chi connectivity index (χ3v) is 3.32. The maximum absolute atomic E-state index is 11.9. The fraction of sp³-hybridized carbons (Fsp3) is 0.538. The average molecular weight is 279 g/mol. The van der Waals surface area contributed by atoms with E-state index in [1.54, 1.807) is 12.1 Å². The van der Waals surface area contributed by atoms with Crippen LogP contribution in [-0.4, -0.2) is 54.7 Å². The second kappa shape index (κ2) is 7.18. The Bertz CT molecular complexity index is 437. The number of pyridine rings is 1. The molecule has 1 fully saturated rings. The van der Waals surface area contributed by atoms with E-state index in [9.17, 15) is 4.79 Å². The molecule has 1 aromatic rings. The summed E-state index contributed by atoms with van der Waals surface area (Å²) in [5, 5.41) is 2.85. The number of anilines is 1. The van der Waals surface area contributed by atoms with Gasteiger partial charge in [-0.05, 0) is 18.7 Å². The molecule has 2 rings (SSSR count). The molecule has 1 saturated heterocycles. The number of likely N-dealkylation sites (N-methyl/N-ethyl adjacent to an activating group) is 1. The normalized spacial score (nSPS) is 19.6. The second-order valence-electron chi connectivity index (χ2n) is 4.67. The van der Waals surface area contributed by atoms with Crippen molar-refractivity contribution in [3.05, 3.63) is 24.0 Å². The number of ether oxygens (including phenoxy) is 1. The molecule has 4 N–H and O–H groups in total. The Balaban J connectivity index is 1.82. The minimum Gasteiger partial charge on any atom is -0.374 e. The van der Waals surface area contributed by atoms with Crippen LogP contribution in [0.2, 0.25) is 0 Å². The Morgan fingerprint density at radius 2 is 2.45 bits per heavy atom. The first-order valence-corrected chi connectivity index (χ1v) is 6.77. The maximum atomic E-state index is 11.9. The van der Waals surface area contributed by atoms with Gasteiger partial charge >= 0.3 is 0 Å². The van der Waals surface area contributed by atoms with Crippen LogP contribution < -0.4 is 16.6 Å². The van der Waals surface area contributed by atoms with Gasteiger partial charge in [-0.1, -0.05) is 6.92 Å². The predicted molar refractivity (Wildman–Crippen MR) is 76.2 cm³/mol. The minimum absolute atomic E-state index is 0.0395. The number of morpholine rings is 1. The molecular weight excluding hydrogens is 258 g/mol. The molecule has 1 aromatic heterocycles. The highest BCUT2D eigenvalue weighted by Gasteiger charge is 2.20. The summed E-state index contributed by atoms with van der Waals surface area (Å²) in [5.41, 5.74) is 3.50. The van der Waals surface area contributed by atoms with E-state index in [1.807, 2.05) is 0 Å². The quantitative estimate of drug-likeness (QED) is 0.511. The molecule has 0 saturated carbocycles. The van der Waals surface area contributed by atoms with Gasteiger partial charge in [0.1, 0.15) is 5.69 Å². The summed E-state index contributed by atoms with van der Waals surface area (Å²) in [7, 11) is 0. The number of carbonyl (C=O) groups excluding carboxylic acids is 1. The standard InChI is InChI=1S/C13H21N5O2/c1-2-18-5-6-20-11(9-18)8-16-13(19)12-4-3-10(17-14)7-15-12/h3-4,7,11,17H,2,5-6,8-9,14H2,1H3,(H,16,19). The van der Waals surface area contributed by atoms with E-state index in [0.717, 1.165) is 19.6 Å². The SMILES string of the molecule is CCN1CCOC(CNC(=O)c2ccc(NN)cn2)C1. The summed E-state index contributed by atoms with van der Waals surface area (Å²) in [4.78, 5) is 18.3. The van der Waals surface area contributed by atoms with Crippen molar-refractivity contribution in [3.63, 3.8) is 0 Å². The zero-order valence-corrected chi connectivity index (χ0v) is 11.6. The zero-order chi connectivity index (χ0) is 14.4. The van der Waals surface area contributed by atoms with Gasteiger partial charge in [-0.25, -0.2) is 4.98 Å². The van der Waals surface area contributed by atoms with Gasteiger partial charge in [0.05, 0.1) is 24.6 Å². The van der Waals surface area contributed by atoms with E-state index < -0.39 is 0 Å². The molecule has 1 amide bonds. The van der Waals surface area contributed by atoms with Crippen LogP contribution in [0.15, 0.2) is 18.3 Å². The fourth-order valence-corrected chi connectivity index (χ4v) is 2.10. The molecule has 0 aromatic carbocycles. The van der Waals surface area contributed by atoms with Gasteiger partial charge in [-0.3, -0.25) is 15.5 Å². The molecule has 7 nitrogen and oxygen atoms in total. The summed E-state index contributed by atoms with van der Waals surface area (Å²) in [6.07, 6.45) is 1.56. The summed E-state index contributed by atoms with van der Waals surface area (Å²) >= 11 is 0. The number of aromatic nitrogens is 1. The van der Waals surface area contributed by atoms with Gasteiger partial charge in [0.2, 0.25) is 0 Å². The summed E-state index contributed by atoms with van der Waals surface area (Å²) < 4.78 is 5.63. The van der Waals surface area contributed by atoms with Crippen LogP contribution >= 0.6 is 0 Å². The van der Waals surface area contributed by atoms with E-state index in [0.29, 0.717) is 24.5 Å². The number of amides is 1. The molecule has 1 aliphatic heterocycles. The Labute approximate surface area is 118 Å². The smallest absolute Gasteiger partial charge is 0.269 e. The molecule has 0 radical (unpaired) electrons. The number of hydrogen-bond acceptors (Lipinski definition) is 6. The van der Waals surface area contributed by atoms with Crippen molar-refractivity contribution >= 4 is 11.6 Å². The molecule has 20 heavy (non-hydrogen) atoms. The highest BCUT2D eigenvalue weighted by molar-refractivity contribution is 5.92. The van der Waals surface area contributed by atoms with E-state index >= 15 is 0 Å². The van der Waals surface area contributed by atoms with E-state index in [1.165, 1.54) is 6.20 Å². The lowest BCUT2D eigenvalue weighted by molar-refractivity contribution is -0.0246. The van der Waals surface area contributed by atoms with Gasteiger partial charge in [0.25, 0.3) is 5.91 Å². The molecule has 1 unspecified atom stereocenters. The van der Waals surface area contributed by atoms with Crippen molar-refractivity contribution in [1.82, 2.24) is 15.2 Å². The molecule has 0 bridgehead atoms. The Morgan fingerprint density at radius 3 is 3.10 bits per heavy atom. The molecule has 2 heterocycles. The fourth-order valence-electron chi connectivity index (χ4n) is 2.10. The Kier molecular flexibility index (Phi) is 5.28. The highest BCUT2D eigenvalue weighted by atomic mass is 16.5. The van der Waals surface area contributed by atoms with E-state index in [4.69, 9.17) is 10.6 Å². The van der Waals surface area contributed by atoms with Gasteiger partial charge in [-0.15, -0.1) is 0 Å². The van der Waals surface area contributed by atoms with Gasteiger partial charge in [-0.2, -0.15) is 0 Å². The van der Waals surface area contributed by atoms with Gasteiger partial charge in [0.15, 0.2) is 0 Å². The summed E-state index contributed by atoms with van der Waals surface area (Å²) in [6, 6.07) is 3.34. The van der Waals surface area contributed by atoms with Crippen molar-refractivity contribution in [2.24, 2.45) is 5.84 Å². The number of hydrazine groups is 1. The van der Waals surface area contributed by atoms with Crippen molar-refractivity contribution < 1.29 is 9.53 Å². The number of carbonyl (C=O) groups is 1. The summed E-state index contributed by atoms with van der Waals surface area (Å²) in [6.45, 7) is 6.13. The number of nitrogens with two attached hydrogens (primary N) is 1. The van der Waals surface area contributed by atoms with Crippen LogP contribution in [0, 0.1) is 0 Å². The first kappa shape index (κ1) is 14.7. The number of rotatable bonds is 5. The van der Waals surface area contributed by atoms with E-state index in [2.05, 4.69) is 27.6 Å². The monoisotopic (exact) mass is 279 g/mol. The van der Waals surface area contributed by atoms with Crippen molar-refractivity contribution in [2.75, 3.05) is 38.2 Å². The van der Waals surface area contributed by atoms with E-state index in [-0.39, 0.29) is 12.0 Å². The van der Waals surface area contributed by atoms with Crippen molar-refractivity contribution in [2.45, 2.75) is 13.0 Å². The largest absolute Gasteiger partial charge is 0.374 e. The third-order valence-electron chi connectivity index (χ3n) is 3.32. The lowest BCUT2D eigenvalue weighted by Crippen LogP contribution is -2.47. The van der Waals surface area contributed by atoms with Gasteiger partial charge in [0, 0.05) is 19.6 Å². The molecule has 1 aliphatic rings. The molecular formula is C13H21N5O2. The molecule has 0 aliphatic carbocycles. The van der Waals surface area contributed by atoms with Crippen LogP contribution in [0.3, 0.4) is 0 Å². The topological polar surface area (TPSA) is 92.5 Å². The predicted octanol–water partition coefficient (Wildman–Crippen LogP) is -0.182.